The average Bonchev–Trinajstić information content (AvgIpc) is 3.53. The van der Waals surface area contributed by atoms with Gasteiger partial charge in [-0.1, -0.05) is 30.3 Å². The lowest BCUT2D eigenvalue weighted by Gasteiger charge is -2.38. The van der Waals surface area contributed by atoms with Gasteiger partial charge in [0.2, 0.25) is 5.91 Å². The number of hydrogen-bond acceptors (Lipinski definition) is 5. The van der Waals surface area contributed by atoms with E-state index in [9.17, 15) is 57.5 Å². The summed E-state index contributed by atoms with van der Waals surface area (Å²) in [6.07, 6.45) is -12.8. The summed E-state index contributed by atoms with van der Waals surface area (Å²) in [5.74, 6) is -3.89. The Morgan fingerprint density at radius 2 is 1.27 bits per heavy atom. The minimum absolute atomic E-state index is 0.120. The quantitative estimate of drug-likeness (QED) is 0.209. The van der Waals surface area contributed by atoms with Crippen LogP contribution in [0.2, 0.25) is 0 Å². The molecule has 0 N–H and O–H groups in total. The van der Waals surface area contributed by atoms with Crippen LogP contribution in [-0.4, -0.2) is 86.7 Å². The molecule has 0 saturated carbocycles. The molecule has 2 fully saturated rings. The lowest BCUT2D eigenvalue weighted by atomic mass is 9.88. The van der Waals surface area contributed by atoms with Crippen LogP contribution in [0.5, 0.6) is 0 Å². The lowest BCUT2D eigenvalue weighted by molar-refractivity contribution is -0.392. The molecule has 2 aliphatic heterocycles. The maximum absolute atomic E-state index is 14.5. The van der Waals surface area contributed by atoms with Crippen molar-refractivity contribution >= 4 is 21.8 Å². The Balaban J connectivity index is 1.56. The second-order valence-electron chi connectivity index (χ2n) is 12.1. The number of nitrogens with zero attached hydrogens (tertiary/aromatic N) is 3. The van der Waals surface area contributed by atoms with Gasteiger partial charge < -0.3 is 19.4 Å². The Morgan fingerprint density at radius 3 is 1.78 bits per heavy atom. The highest BCUT2D eigenvalue weighted by Gasteiger charge is 2.73. The van der Waals surface area contributed by atoms with Crippen molar-refractivity contribution in [3.63, 3.8) is 0 Å². The smallest absolute Gasteiger partial charge is 0.349 e. The van der Waals surface area contributed by atoms with Gasteiger partial charge in [0.05, 0.1) is 11.5 Å². The number of carbonyl (C=O) groups is 2. The number of likely N-dealkylation sites (tertiary alicyclic amines) is 1. The van der Waals surface area contributed by atoms with Crippen LogP contribution in [-0.2, 0) is 36.3 Å². The molecule has 2 aliphatic rings. The molecule has 0 aliphatic carbocycles. The first kappa shape index (κ1) is 37.9. The van der Waals surface area contributed by atoms with Gasteiger partial charge in [0, 0.05) is 57.3 Å². The summed E-state index contributed by atoms with van der Waals surface area (Å²) in [4.78, 5) is 28.9. The largest absolute Gasteiger partial charge is 0.430 e. The third-order valence-corrected chi connectivity index (χ3v) is 11.7. The normalized spacial score (nSPS) is 19.1. The van der Waals surface area contributed by atoms with E-state index in [1.54, 1.807) is 0 Å². The minimum atomic E-state index is -6.24. The van der Waals surface area contributed by atoms with Gasteiger partial charge in [-0.05, 0) is 48.4 Å². The summed E-state index contributed by atoms with van der Waals surface area (Å²) in [5.41, 5.74) is -8.15. The predicted molar refractivity (Wildman–Crippen MR) is 162 cm³/mol. The summed E-state index contributed by atoms with van der Waals surface area (Å²) in [5, 5.41) is 0. The highest BCUT2D eigenvalue weighted by atomic mass is 32.2. The summed E-state index contributed by atoms with van der Waals surface area (Å²) < 4.78 is 160. The topological polar surface area (TPSA) is 87.2 Å². The highest BCUT2D eigenvalue weighted by molar-refractivity contribution is 7.92. The molecule has 2 heterocycles. The summed E-state index contributed by atoms with van der Waals surface area (Å²) in [7, 11) is -4.64. The molecule has 0 aromatic heterocycles. The van der Waals surface area contributed by atoms with Crippen molar-refractivity contribution < 1.29 is 62.3 Å². The zero-order valence-corrected chi connectivity index (χ0v) is 27.5. The molecule has 0 spiro atoms. The van der Waals surface area contributed by atoms with Crippen LogP contribution in [0.4, 0.5) is 44.3 Å². The van der Waals surface area contributed by atoms with Crippen molar-refractivity contribution in [3.05, 3.63) is 101 Å². The van der Waals surface area contributed by atoms with E-state index in [1.807, 2.05) is 0 Å². The van der Waals surface area contributed by atoms with Gasteiger partial charge in [-0.15, -0.1) is 0 Å². The fourth-order valence-electron chi connectivity index (χ4n) is 6.40. The third-order valence-electron chi connectivity index (χ3n) is 9.25. The number of carbonyl (C=O) groups excluding carboxylic acids is 2. The standard InChI is InChI=1S/C33H30F9N3O5S/c1-21(46)43-15-17-44(18-16-43)29(47)45-14-13-30(20-45,51(48,49)25-11-9-24(34)10-12-25)22-5-7-23(8-6-22)31(32(37,38)39,33(40,41)42)50-19-26-27(35)3-2-4-28(26)36/h2-12H,13-20H2,1H3. The number of halogens is 9. The Kier molecular flexibility index (Phi) is 10.2. The molecular formula is C33H30F9N3O5S. The zero-order chi connectivity index (χ0) is 37.6. The number of rotatable bonds is 7. The molecule has 276 valence electrons. The number of ether oxygens (including phenoxy) is 1. The van der Waals surface area contributed by atoms with E-state index in [-0.39, 0.29) is 50.6 Å². The van der Waals surface area contributed by atoms with Gasteiger partial charge in [-0.25, -0.2) is 26.4 Å². The molecule has 3 aromatic rings. The summed E-state index contributed by atoms with van der Waals surface area (Å²) in [6, 6.07) is 7.29. The fraction of sp³-hybridized carbons (Fsp3) is 0.394. The first-order valence-electron chi connectivity index (χ1n) is 15.4. The number of benzene rings is 3. The van der Waals surface area contributed by atoms with Gasteiger partial charge in [0.1, 0.15) is 22.2 Å². The van der Waals surface area contributed by atoms with Crippen molar-refractivity contribution in [1.82, 2.24) is 14.7 Å². The lowest BCUT2D eigenvalue weighted by Crippen LogP contribution is -2.56. The maximum atomic E-state index is 14.5. The molecule has 0 radical (unpaired) electrons. The Bertz CT molecular complexity index is 1850. The van der Waals surface area contributed by atoms with Crippen LogP contribution in [0, 0.1) is 17.5 Å². The number of amides is 3. The Morgan fingerprint density at radius 1 is 0.745 bits per heavy atom. The molecule has 18 heteroatoms. The van der Waals surface area contributed by atoms with E-state index in [4.69, 9.17) is 0 Å². The Hall–Kier alpha value is -4.32. The Labute approximate surface area is 286 Å². The van der Waals surface area contributed by atoms with E-state index >= 15 is 0 Å². The number of sulfone groups is 1. The van der Waals surface area contributed by atoms with Crippen LogP contribution in [0.15, 0.2) is 71.6 Å². The number of piperazine rings is 1. The van der Waals surface area contributed by atoms with Crippen LogP contribution in [0.1, 0.15) is 30.0 Å². The molecular weight excluding hydrogens is 721 g/mol. The van der Waals surface area contributed by atoms with Crippen LogP contribution in [0.25, 0.3) is 0 Å². The van der Waals surface area contributed by atoms with Crippen LogP contribution < -0.4 is 0 Å². The van der Waals surface area contributed by atoms with E-state index in [0.717, 1.165) is 42.5 Å². The van der Waals surface area contributed by atoms with Crippen molar-refractivity contribution in [1.29, 1.82) is 0 Å². The van der Waals surface area contributed by atoms with Gasteiger partial charge in [-0.2, -0.15) is 26.3 Å². The monoisotopic (exact) mass is 751 g/mol. The SMILES string of the molecule is CC(=O)N1CCN(C(=O)N2CCC(c3ccc(C(OCc4c(F)cccc4F)(C(F)(F)F)C(F)(F)F)cc3)(S(=O)(=O)c3ccc(F)cc3)C2)CC1. The van der Waals surface area contributed by atoms with Crippen molar-refractivity contribution in [2.75, 3.05) is 39.3 Å². The predicted octanol–water partition coefficient (Wildman–Crippen LogP) is 6.30. The van der Waals surface area contributed by atoms with Crippen molar-refractivity contribution in [2.24, 2.45) is 0 Å². The minimum Gasteiger partial charge on any atom is -0.349 e. The van der Waals surface area contributed by atoms with Crippen molar-refractivity contribution in [2.45, 2.75) is 47.5 Å². The van der Waals surface area contributed by atoms with Gasteiger partial charge in [-0.3, -0.25) is 4.79 Å². The van der Waals surface area contributed by atoms with Crippen molar-refractivity contribution in [3.8, 4) is 0 Å². The molecule has 51 heavy (non-hydrogen) atoms. The van der Waals surface area contributed by atoms with Gasteiger partial charge >= 0.3 is 18.4 Å². The van der Waals surface area contributed by atoms with Gasteiger partial charge in [0.15, 0.2) is 9.84 Å². The van der Waals surface area contributed by atoms with E-state index in [0.29, 0.717) is 24.3 Å². The molecule has 3 aromatic carbocycles. The molecule has 8 nitrogen and oxygen atoms in total. The highest BCUT2D eigenvalue weighted by Crippen LogP contribution is 2.54. The second-order valence-corrected chi connectivity index (χ2v) is 14.4. The summed E-state index contributed by atoms with van der Waals surface area (Å²) in [6.45, 7) is -0.530. The molecule has 1 unspecified atom stereocenters. The molecule has 0 bridgehead atoms. The fourth-order valence-corrected chi connectivity index (χ4v) is 8.48. The number of alkyl halides is 6. The van der Waals surface area contributed by atoms with E-state index in [1.165, 1.54) is 21.6 Å². The maximum Gasteiger partial charge on any atom is 0.430 e. The number of hydrogen-bond donors (Lipinski definition) is 0. The van der Waals surface area contributed by atoms with E-state index < -0.39 is 85.2 Å². The first-order chi connectivity index (χ1) is 23.7. The zero-order valence-electron chi connectivity index (χ0n) is 26.7. The third kappa shape index (κ3) is 6.74. The van der Waals surface area contributed by atoms with Gasteiger partial charge in [0.25, 0.3) is 5.60 Å². The second kappa shape index (κ2) is 13.7. The van der Waals surface area contributed by atoms with E-state index in [2.05, 4.69) is 4.74 Å². The van der Waals surface area contributed by atoms with Crippen LogP contribution >= 0.6 is 0 Å². The first-order valence-corrected chi connectivity index (χ1v) is 16.8. The molecule has 1 atom stereocenters. The molecule has 3 amide bonds. The average molecular weight is 752 g/mol. The molecule has 5 rings (SSSR count). The summed E-state index contributed by atoms with van der Waals surface area (Å²) >= 11 is 0. The van der Waals surface area contributed by atoms with Crippen LogP contribution in [0.3, 0.4) is 0 Å². The molecule has 2 saturated heterocycles. The number of urea groups is 1.